The van der Waals surface area contributed by atoms with Crippen molar-refractivity contribution in [2.24, 2.45) is 0 Å². The van der Waals surface area contributed by atoms with Gasteiger partial charge in [0.15, 0.2) is 0 Å². The molecule has 0 atom stereocenters. The second kappa shape index (κ2) is 2.72. The van der Waals surface area contributed by atoms with Gasteiger partial charge in [-0.2, -0.15) is 0 Å². The van der Waals surface area contributed by atoms with Crippen LogP contribution in [-0.4, -0.2) is 5.31 Å². The normalized spacial score (nSPS) is 19.4. The number of hydrogen-bond acceptors (Lipinski definition) is 0. The Bertz CT molecular complexity index is 143. The van der Waals surface area contributed by atoms with Crippen molar-refractivity contribution in [1.82, 2.24) is 0 Å². The van der Waals surface area contributed by atoms with Gasteiger partial charge in [0.2, 0.25) is 5.31 Å². The van der Waals surface area contributed by atoms with E-state index >= 15 is 0 Å². The highest BCUT2D eigenvalue weighted by atomic mass is 79.9. The zero-order valence-electron chi connectivity index (χ0n) is 5.14. The van der Waals surface area contributed by atoms with Crippen molar-refractivity contribution in [3.05, 3.63) is 24.3 Å². The van der Waals surface area contributed by atoms with Gasteiger partial charge >= 0.3 is 0 Å². The first-order valence-electron chi connectivity index (χ1n) is 2.83. The fourth-order valence-corrected chi connectivity index (χ4v) is 3.50. The third-order valence-corrected chi connectivity index (χ3v) is 6.06. The first-order chi connectivity index (χ1) is 4.11. The monoisotopic (exact) mass is 266 g/mol. The summed E-state index contributed by atoms with van der Waals surface area (Å²) in [5, 5.41) is -1.27. The van der Waals surface area contributed by atoms with Gasteiger partial charge in [-0.15, -0.1) is 30.6 Å². The number of hydrogen-bond donors (Lipinski definition) is 0. The molecule has 0 amide bonds. The van der Waals surface area contributed by atoms with Gasteiger partial charge in [-0.05, 0) is 6.55 Å². The molecule has 0 bridgehead atoms. The van der Waals surface area contributed by atoms with Gasteiger partial charge in [0.25, 0.3) is 0 Å². The molecular weight excluding hydrogens is 260 g/mol. The predicted octanol–water partition coefficient (Wildman–Crippen LogP) is 3.34. The van der Waals surface area contributed by atoms with Gasteiger partial charge in [0.05, 0.1) is 0 Å². The minimum Gasteiger partial charge on any atom is -0.110 e. The van der Waals surface area contributed by atoms with Crippen LogP contribution in [0.1, 0.15) is 0 Å². The lowest BCUT2D eigenvalue weighted by molar-refractivity contribution is 1.38. The molecule has 0 saturated heterocycles. The van der Waals surface area contributed by atoms with Crippen LogP contribution in [0.2, 0.25) is 12.1 Å². The highest BCUT2D eigenvalue weighted by Crippen LogP contribution is 2.37. The van der Waals surface area contributed by atoms with E-state index in [1.807, 2.05) is 0 Å². The Morgan fingerprint density at radius 3 is 1.89 bits per heavy atom. The van der Waals surface area contributed by atoms with Crippen LogP contribution >= 0.6 is 30.6 Å². The van der Waals surface area contributed by atoms with Gasteiger partial charge < -0.3 is 0 Å². The summed E-state index contributed by atoms with van der Waals surface area (Å²) < 4.78 is 0. The van der Waals surface area contributed by atoms with E-state index in [1.165, 1.54) is 0 Å². The minimum atomic E-state index is -1.27. The summed E-state index contributed by atoms with van der Waals surface area (Å²) in [6, 6.07) is 0. The van der Waals surface area contributed by atoms with Gasteiger partial charge in [-0.25, -0.2) is 0 Å². The number of allylic oxidation sites excluding steroid dienone is 4. The van der Waals surface area contributed by atoms with Crippen LogP contribution < -0.4 is 0 Å². The van der Waals surface area contributed by atoms with Crippen molar-refractivity contribution in [3.8, 4) is 0 Å². The summed E-state index contributed by atoms with van der Waals surface area (Å²) in [7, 11) is 0. The molecule has 1 aliphatic carbocycles. The third kappa shape index (κ3) is 2.06. The molecule has 0 heterocycles. The lowest BCUT2D eigenvalue weighted by Crippen LogP contribution is -2.16. The van der Waals surface area contributed by atoms with E-state index in [4.69, 9.17) is 0 Å². The Kier molecular flexibility index (Phi) is 2.35. The van der Waals surface area contributed by atoms with Gasteiger partial charge in [-0.3, -0.25) is 0 Å². The Balaban J connectivity index is 2.64. The molecule has 3 heteroatoms. The van der Waals surface area contributed by atoms with E-state index < -0.39 is 5.31 Å². The molecule has 0 N–H and O–H groups in total. The Morgan fingerprint density at radius 1 is 1.22 bits per heavy atom. The van der Waals surface area contributed by atoms with Gasteiger partial charge in [0.1, 0.15) is 0 Å². The molecule has 1 rings (SSSR count). The maximum Gasteiger partial charge on any atom is 0.208 e. The SMILES string of the molecule is C[Si](Br)(Br)C1C=CC=C1. The molecule has 0 unspecified atom stereocenters. The zero-order valence-corrected chi connectivity index (χ0v) is 9.31. The fraction of sp³-hybridized carbons (Fsp3) is 0.333. The molecule has 9 heavy (non-hydrogen) atoms. The lowest BCUT2D eigenvalue weighted by atomic mass is 10.5. The van der Waals surface area contributed by atoms with Crippen molar-refractivity contribution in [3.63, 3.8) is 0 Å². The highest BCUT2D eigenvalue weighted by Gasteiger charge is 2.28. The fourth-order valence-electron chi connectivity index (χ4n) is 0.770. The Hall–Kier alpha value is 0.657. The molecule has 0 aromatic rings. The summed E-state index contributed by atoms with van der Waals surface area (Å²) in [4.78, 5) is 0. The number of halogens is 2. The van der Waals surface area contributed by atoms with E-state index in [0.717, 1.165) is 0 Å². The van der Waals surface area contributed by atoms with Gasteiger partial charge in [0, 0.05) is 5.54 Å². The molecule has 0 aromatic carbocycles. The van der Waals surface area contributed by atoms with E-state index in [-0.39, 0.29) is 0 Å². The molecule has 0 aliphatic heterocycles. The molecule has 0 fully saturated rings. The van der Waals surface area contributed by atoms with Crippen LogP contribution in [-0.2, 0) is 0 Å². The van der Waals surface area contributed by atoms with Crippen LogP contribution in [0.3, 0.4) is 0 Å². The van der Waals surface area contributed by atoms with Crippen molar-refractivity contribution >= 4 is 35.9 Å². The van der Waals surface area contributed by atoms with Crippen molar-refractivity contribution in [2.75, 3.05) is 0 Å². The topological polar surface area (TPSA) is 0 Å². The standard InChI is InChI=1S/C6H8Br2Si/c1-9(7,8)6-4-2-3-5-6/h2-6H,1H3. The average molecular weight is 268 g/mol. The van der Waals surface area contributed by atoms with Crippen LogP contribution in [0.5, 0.6) is 0 Å². The first kappa shape index (κ1) is 7.76. The summed E-state index contributed by atoms with van der Waals surface area (Å²) in [5.41, 5.74) is 0.623. The third-order valence-electron chi connectivity index (χ3n) is 1.33. The van der Waals surface area contributed by atoms with Crippen LogP contribution in [0.25, 0.3) is 0 Å². The Labute approximate surface area is 72.2 Å². The van der Waals surface area contributed by atoms with Gasteiger partial charge in [-0.1, -0.05) is 24.3 Å². The molecule has 0 nitrogen and oxygen atoms in total. The van der Waals surface area contributed by atoms with Crippen LogP contribution in [0.4, 0.5) is 0 Å². The van der Waals surface area contributed by atoms with Crippen molar-refractivity contribution in [2.45, 2.75) is 12.1 Å². The van der Waals surface area contributed by atoms with Crippen molar-refractivity contribution in [1.29, 1.82) is 0 Å². The summed E-state index contributed by atoms with van der Waals surface area (Å²) >= 11 is 7.32. The Morgan fingerprint density at radius 2 is 1.67 bits per heavy atom. The largest absolute Gasteiger partial charge is 0.208 e. The average Bonchev–Trinajstić information content (AvgIpc) is 2.08. The first-order valence-corrected chi connectivity index (χ1v) is 9.92. The van der Waals surface area contributed by atoms with E-state index in [0.29, 0.717) is 5.54 Å². The van der Waals surface area contributed by atoms with Crippen molar-refractivity contribution < 1.29 is 0 Å². The maximum absolute atomic E-state index is 3.66. The van der Waals surface area contributed by atoms with E-state index in [2.05, 4.69) is 61.4 Å². The predicted molar refractivity (Wildman–Crippen MR) is 51.5 cm³/mol. The maximum atomic E-state index is 3.66. The molecular formula is C6H8Br2Si. The molecule has 0 aromatic heterocycles. The molecule has 0 saturated carbocycles. The number of rotatable bonds is 1. The van der Waals surface area contributed by atoms with Crippen LogP contribution in [0, 0.1) is 0 Å². The minimum absolute atomic E-state index is 0.623. The summed E-state index contributed by atoms with van der Waals surface area (Å²) in [5.74, 6) is 0. The molecule has 0 spiro atoms. The second-order valence-electron chi connectivity index (χ2n) is 2.25. The van der Waals surface area contributed by atoms with E-state index in [1.54, 1.807) is 0 Å². The molecule has 50 valence electrons. The van der Waals surface area contributed by atoms with E-state index in [9.17, 15) is 0 Å². The summed E-state index contributed by atoms with van der Waals surface area (Å²) in [6.07, 6.45) is 8.63. The zero-order chi connectivity index (χ0) is 6.91. The smallest absolute Gasteiger partial charge is 0.110 e. The quantitative estimate of drug-likeness (QED) is 0.505. The molecule has 1 aliphatic rings. The van der Waals surface area contributed by atoms with Crippen LogP contribution in [0.15, 0.2) is 24.3 Å². The lowest BCUT2D eigenvalue weighted by Gasteiger charge is -2.15. The summed E-state index contributed by atoms with van der Waals surface area (Å²) in [6.45, 7) is 2.23. The second-order valence-corrected chi connectivity index (χ2v) is 17.9. The highest BCUT2D eigenvalue weighted by molar-refractivity contribution is 9.51. The molecule has 0 radical (unpaired) electrons.